The fourth-order valence-corrected chi connectivity index (χ4v) is 3.09. The van der Waals surface area contributed by atoms with E-state index in [2.05, 4.69) is 25.5 Å². The van der Waals surface area contributed by atoms with E-state index in [-0.39, 0.29) is 17.7 Å². The lowest BCUT2D eigenvalue weighted by Gasteiger charge is -2.10. The Hall–Kier alpha value is -2.58. The summed E-state index contributed by atoms with van der Waals surface area (Å²) in [5.74, 6) is 1.17. The van der Waals surface area contributed by atoms with Gasteiger partial charge in [0.25, 0.3) is 0 Å². The maximum atomic E-state index is 12.3. The van der Waals surface area contributed by atoms with Crippen LogP contribution >= 0.6 is 23.4 Å². The Morgan fingerprint density at radius 2 is 2.15 bits per heavy atom. The topological polar surface area (TPSA) is 92.8 Å². The van der Waals surface area contributed by atoms with E-state index in [4.69, 9.17) is 16.3 Å². The van der Waals surface area contributed by atoms with Gasteiger partial charge in [0.15, 0.2) is 11.0 Å². The highest BCUT2D eigenvalue weighted by molar-refractivity contribution is 8.00. The van der Waals surface area contributed by atoms with E-state index >= 15 is 0 Å². The molecular weight excluding hydrogens is 386 g/mol. The van der Waals surface area contributed by atoms with Crippen LogP contribution in [0.4, 0.5) is 5.69 Å². The molecule has 140 valence electrons. The third kappa shape index (κ3) is 5.21. The Kier molecular flexibility index (Phi) is 6.31. The first-order valence-electron chi connectivity index (χ1n) is 8.20. The number of aromatic nitrogens is 4. The summed E-state index contributed by atoms with van der Waals surface area (Å²) in [6.45, 7) is 4.01. The number of nitrogens with zero attached hydrogens (tertiary/aromatic N) is 3. The van der Waals surface area contributed by atoms with Gasteiger partial charge in [0.1, 0.15) is 12.4 Å². The molecule has 2 heterocycles. The number of carbonyl (C=O) groups excluding carboxylic acids is 1. The minimum Gasteiger partial charge on any atom is -0.485 e. The molecule has 3 aromatic rings. The molecule has 0 fully saturated rings. The molecule has 1 aromatic carbocycles. The van der Waals surface area contributed by atoms with Crippen LogP contribution in [0, 0.1) is 6.92 Å². The highest BCUT2D eigenvalue weighted by atomic mass is 35.5. The fraction of sp³-hybridized carbons (Fsp3) is 0.222. The number of H-pyrrole nitrogens is 1. The molecule has 3 rings (SSSR count). The van der Waals surface area contributed by atoms with Gasteiger partial charge in [-0.25, -0.2) is 9.97 Å². The average molecular weight is 404 g/mol. The van der Waals surface area contributed by atoms with Crippen LogP contribution in [0.2, 0.25) is 5.15 Å². The molecular formula is C18H18ClN5O2S. The second-order valence-corrected chi connectivity index (χ2v) is 7.38. The maximum absolute atomic E-state index is 12.3. The summed E-state index contributed by atoms with van der Waals surface area (Å²) in [4.78, 5) is 20.6. The van der Waals surface area contributed by atoms with Crippen LogP contribution in [-0.4, -0.2) is 31.3 Å². The Bertz CT molecular complexity index is 933. The number of aryl methyl sites for hydroxylation is 1. The van der Waals surface area contributed by atoms with Gasteiger partial charge in [-0.15, -0.1) is 5.10 Å². The highest BCUT2D eigenvalue weighted by Gasteiger charge is 2.18. The zero-order chi connectivity index (χ0) is 19.2. The van der Waals surface area contributed by atoms with E-state index < -0.39 is 5.25 Å². The van der Waals surface area contributed by atoms with Crippen LogP contribution in [0.5, 0.6) is 5.75 Å². The van der Waals surface area contributed by atoms with Gasteiger partial charge >= 0.3 is 0 Å². The summed E-state index contributed by atoms with van der Waals surface area (Å²) in [5.41, 5.74) is 1.52. The molecule has 0 radical (unpaired) electrons. The number of nitrogens with one attached hydrogen (secondary N) is 2. The molecule has 2 aromatic heterocycles. The number of aromatic amines is 1. The number of carbonyl (C=O) groups is 1. The average Bonchev–Trinajstić information content (AvgIpc) is 3.10. The van der Waals surface area contributed by atoms with E-state index in [1.807, 2.05) is 31.2 Å². The number of pyridine rings is 1. The number of rotatable bonds is 7. The van der Waals surface area contributed by atoms with Crippen molar-refractivity contribution in [3.8, 4) is 5.75 Å². The van der Waals surface area contributed by atoms with Crippen molar-refractivity contribution in [1.82, 2.24) is 20.2 Å². The van der Waals surface area contributed by atoms with Crippen molar-refractivity contribution in [3.63, 3.8) is 0 Å². The lowest BCUT2D eigenvalue weighted by molar-refractivity contribution is -0.115. The van der Waals surface area contributed by atoms with E-state index in [9.17, 15) is 4.79 Å². The number of anilines is 1. The van der Waals surface area contributed by atoms with Crippen LogP contribution in [0.25, 0.3) is 0 Å². The number of ether oxygens (including phenoxy) is 1. The lowest BCUT2D eigenvalue weighted by atomic mass is 10.2. The predicted octanol–water partition coefficient (Wildman–Crippen LogP) is 3.86. The van der Waals surface area contributed by atoms with Crippen molar-refractivity contribution in [1.29, 1.82) is 0 Å². The molecule has 7 nitrogen and oxygen atoms in total. The number of amides is 1. The number of halogens is 1. The number of hydrogen-bond acceptors (Lipinski definition) is 6. The summed E-state index contributed by atoms with van der Waals surface area (Å²) < 4.78 is 5.74. The molecule has 1 atom stereocenters. The molecule has 0 aliphatic rings. The Morgan fingerprint density at radius 3 is 2.93 bits per heavy atom. The van der Waals surface area contributed by atoms with E-state index in [1.54, 1.807) is 25.3 Å². The van der Waals surface area contributed by atoms with Gasteiger partial charge in [0.05, 0.1) is 10.9 Å². The molecule has 9 heteroatoms. The van der Waals surface area contributed by atoms with E-state index in [1.165, 1.54) is 11.8 Å². The molecule has 0 spiro atoms. The first kappa shape index (κ1) is 19.2. The minimum absolute atomic E-state index is 0.211. The van der Waals surface area contributed by atoms with Crippen molar-refractivity contribution in [2.45, 2.75) is 30.9 Å². The molecule has 2 N–H and O–H groups in total. The third-order valence-corrected chi connectivity index (χ3v) is 4.90. The number of hydrogen-bond donors (Lipinski definition) is 2. The van der Waals surface area contributed by atoms with Crippen molar-refractivity contribution >= 4 is 35.0 Å². The maximum Gasteiger partial charge on any atom is 0.237 e. The lowest BCUT2D eigenvalue weighted by Crippen LogP contribution is -2.22. The first-order valence-corrected chi connectivity index (χ1v) is 9.46. The van der Waals surface area contributed by atoms with E-state index in [0.717, 1.165) is 11.3 Å². The molecule has 0 saturated carbocycles. The quantitative estimate of drug-likeness (QED) is 0.459. The molecule has 0 bridgehead atoms. The summed E-state index contributed by atoms with van der Waals surface area (Å²) >= 11 is 7.19. The zero-order valence-electron chi connectivity index (χ0n) is 14.8. The van der Waals surface area contributed by atoms with Crippen molar-refractivity contribution in [2.24, 2.45) is 0 Å². The van der Waals surface area contributed by atoms with Crippen LogP contribution in [-0.2, 0) is 11.4 Å². The summed E-state index contributed by atoms with van der Waals surface area (Å²) in [6, 6.07) is 11.1. The van der Waals surface area contributed by atoms with Gasteiger partial charge in [0, 0.05) is 6.20 Å². The fourth-order valence-electron chi connectivity index (χ4n) is 2.18. The van der Waals surface area contributed by atoms with Crippen molar-refractivity contribution < 1.29 is 9.53 Å². The largest absolute Gasteiger partial charge is 0.485 e. The molecule has 0 aliphatic carbocycles. The number of para-hydroxylation sites is 1. The predicted molar refractivity (Wildman–Crippen MR) is 105 cm³/mol. The van der Waals surface area contributed by atoms with Crippen LogP contribution in [0.15, 0.2) is 47.8 Å². The minimum atomic E-state index is -0.415. The van der Waals surface area contributed by atoms with Gasteiger partial charge < -0.3 is 10.1 Å². The molecule has 0 unspecified atom stereocenters. The second kappa shape index (κ2) is 8.88. The second-order valence-electron chi connectivity index (χ2n) is 5.71. The highest BCUT2D eigenvalue weighted by Crippen LogP contribution is 2.23. The number of benzene rings is 1. The SMILES string of the molecule is Cc1ccccc1OCc1nc(S[C@H](C)C(=O)Nc2cccnc2Cl)n[nH]1. The van der Waals surface area contributed by atoms with Gasteiger partial charge in [0.2, 0.25) is 11.1 Å². The summed E-state index contributed by atoms with van der Waals surface area (Å²) in [6.07, 6.45) is 1.56. The zero-order valence-corrected chi connectivity index (χ0v) is 16.3. The summed E-state index contributed by atoms with van der Waals surface area (Å²) in [7, 11) is 0. The standard InChI is InChI=1S/C18H18ClN5O2S/c1-11-6-3-4-8-14(11)26-10-15-22-18(24-23-15)27-12(2)17(25)21-13-7-5-9-20-16(13)19/h3-9,12H,10H2,1-2H3,(H,21,25)(H,22,23,24)/t12-/m1/s1. The molecule has 0 saturated heterocycles. The number of thioether (sulfide) groups is 1. The normalized spacial score (nSPS) is 11.8. The van der Waals surface area contributed by atoms with Gasteiger partial charge in [-0.3, -0.25) is 9.89 Å². The molecule has 0 aliphatic heterocycles. The molecule has 1 amide bonds. The summed E-state index contributed by atoms with van der Waals surface area (Å²) in [5, 5.41) is 10.0. The molecule has 27 heavy (non-hydrogen) atoms. The van der Waals surface area contributed by atoms with Crippen LogP contribution in [0.1, 0.15) is 18.3 Å². The van der Waals surface area contributed by atoms with Gasteiger partial charge in [-0.2, -0.15) is 0 Å². The van der Waals surface area contributed by atoms with Crippen molar-refractivity contribution in [2.75, 3.05) is 5.32 Å². The van der Waals surface area contributed by atoms with E-state index in [0.29, 0.717) is 16.7 Å². The van der Waals surface area contributed by atoms with Crippen LogP contribution < -0.4 is 10.1 Å². The van der Waals surface area contributed by atoms with Gasteiger partial charge in [-0.1, -0.05) is 41.6 Å². The third-order valence-electron chi connectivity index (χ3n) is 3.64. The first-order chi connectivity index (χ1) is 13.0. The smallest absolute Gasteiger partial charge is 0.237 e. The Labute approximate surface area is 165 Å². The van der Waals surface area contributed by atoms with Gasteiger partial charge in [-0.05, 0) is 37.6 Å². The van der Waals surface area contributed by atoms with Crippen LogP contribution in [0.3, 0.4) is 0 Å². The van der Waals surface area contributed by atoms with Crippen molar-refractivity contribution in [3.05, 3.63) is 59.1 Å². The Balaban J connectivity index is 1.54. The monoisotopic (exact) mass is 403 g/mol. The Morgan fingerprint density at radius 1 is 1.33 bits per heavy atom.